The maximum Gasteiger partial charge on any atom is 0.255 e. The van der Waals surface area contributed by atoms with E-state index in [4.69, 9.17) is 23.2 Å². The molecule has 5 aromatic rings. The summed E-state index contributed by atoms with van der Waals surface area (Å²) in [6.07, 6.45) is 0. The van der Waals surface area contributed by atoms with Gasteiger partial charge in [0, 0.05) is 32.1 Å². The molecule has 40 heavy (non-hydrogen) atoms. The van der Waals surface area contributed by atoms with Crippen molar-refractivity contribution in [2.45, 2.75) is 17.1 Å². The van der Waals surface area contributed by atoms with Gasteiger partial charge in [0.2, 0.25) is 5.91 Å². The van der Waals surface area contributed by atoms with Gasteiger partial charge in [0.05, 0.1) is 10.7 Å². The lowest BCUT2D eigenvalue weighted by Gasteiger charge is -2.16. The van der Waals surface area contributed by atoms with Crippen molar-refractivity contribution in [2.75, 3.05) is 10.6 Å². The van der Waals surface area contributed by atoms with E-state index in [-0.39, 0.29) is 11.8 Å². The smallest absolute Gasteiger partial charge is 0.255 e. The summed E-state index contributed by atoms with van der Waals surface area (Å²) in [6, 6.07) is 29.7. The first kappa shape index (κ1) is 27.9. The van der Waals surface area contributed by atoms with Gasteiger partial charge in [-0.15, -0.1) is 23.1 Å². The Morgan fingerprint density at radius 2 is 1.60 bits per heavy atom. The molecule has 0 radical (unpaired) electrons. The van der Waals surface area contributed by atoms with E-state index in [9.17, 15) is 9.59 Å². The van der Waals surface area contributed by atoms with E-state index in [1.54, 1.807) is 24.3 Å². The van der Waals surface area contributed by atoms with Crippen molar-refractivity contribution in [3.63, 3.8) is 0 Å². The summed E-state index contributed by atoms with van der Waals surface area (Å²) in [5.41, 5.74) is 4.48. The Labute approximate surface area is 250 Å². The lowest BCUT2D eigenvalue weighted by molar-refractivity contribution is -0.115. The molecule has 5 nitrogen and oxygen atoms in total. The Kier molecular flexibility index (Phi) is 8.87. The number of aryl methyl sites for hydroxylation is 1. The molecule has 0 saturated heterocycles. The van der Waals surface area contributed by atoms with Gasteiger partial charge in [-0.05, 0) is 66.6 Å². The molecule has 9 heteroatoms. The van der Waals surface area contributed by atoms with Crippen molar-refractivity contribution in [1.29, 1.82) is 0 Å². The monoisotopic (exact) mass is 603 g/mol. The van der Waals surface area contributed by atoms with Crippen molar-refractivity contribution in [1.82, 2.24) is 4.98 Å². The molecule has 5 rings (SSSR count). The zero-order valence-corrected chi connectivity index (χ0v) is 24.4. The lowest BCUT2D eigenvalue weighted by Crippen LogP contribution is -2.19. The number of nitrogens with one attached hydrogen (secondary N) is 2. The van der Waals surface area contributed by atoms with E-state index in [1.165, 1.54) is 23.1 Å². The standard InChI is InChI=1S/C31H23Cl2N3O2S2/c1-19-7-5-6-10-24(19)29(37)34-22-12-14-23(15-13-22)40-28(20-8-3-2-4-9-20)30(38)36-31-35-27(18-39-31)25-16-11-21(32)17-26(25)33/h2-18,28H,1H3,(H,34,37)(H,35,36,38). The average Bonchev–Trinajstić information content (AvgIpc) is 3.41. The van der Waals surface area contributed by atoms with Crippen LogP contribution in [0, 0.1) is 6.92 Å². The number of nitrogens with zero attached hydrogens (tertiary/aromatic N) is 1. The number of aromatic nitrogens is 1. The summed E-state index contributed by atoms with van der Waals surface area (Å²) in [5.74, 6) is -0.362. The fourth-order valence-electron chi connectivity index (χ4n) is 4.00. The molecule has 200 valence electrons. The van der Waals surface area contributed by atoms with Crippen LogP contribution < -0.4 is 10.6 Å². The highest BCUT2D eigenvalue weighted by atomic mass is 35.5. The molecule has 1 heterocycles. The molecule has 0 aliphatic carbocycles. The van der Waals surface area contributed by atoms with Gasteiger partial charge in [-0.1, -0.05) is 71.7 Å². The Bertz CT molecular complexity index is 1660. The Morgan fingerprint density at radius 1 is 0.875 bits per heavy atom. The van der Waals surface area contributed by atoms with Gasteiger partial charge in [0.1, 0.15) is 5.25 Å². The second-order valence-electron chi connectivity index (χ2n) is 8.85. The molecule has 4 aromatic carbocycles. The highest BCUT2D eigenvalue weighted by Crippen LogP contribution is 2.38. The summed E-state index contributed by atoms with van der Waals surface area (Å²) in [7, 11) is 0. The first-order valence-electron chi connectivity index (χ1n) is 12.3. The van der Waals surface area contributed by atoms with Gasteiger partial charge in [0.15, 0.2) is 5.13 Å². The predicted octanol–water partition coefficient (Wildman–Crippen LogP) is 9.15. The Hall–Kier alpha value is -3.62. The van der Waals surface area contributed by atoms with E-state index in [0.29, 0.717) is 32.1 Å². The van der Waals surface area contributed by atoms with E-state index in [2.05, 4.69) is 15.6 Å². The third kappa shape index (κ3) is 6.74. The third-order valence-corrected chi connectivity index (χ3v) is 8.61. The first-order chi connectivity index (χ1) is 19.4. The third-order valence-electron chi connectivity index (χ3n) is 6.04. The molecule has 1 atom stereocenters. The van der Waals surface area contributed by atoms with Crippen LogP contribution in [0.3, 0.4) is 0 Å². The number of amides is 2. The van der Waals surface area contributed by atoms with Crippen LogP contribution in [0.5, 0.6) is 0 Å². The molecule has 0 bridgehead atoms. The largest absolute Gasteiger partial charge is 0.322 e. The second kappa shape index (κ2) is 12.7. The number of anilines is 2. The van der Waals surface area contributed by atoms with Gasteiger partial charge in [0.25, 0.3) is 5.91 Å². The topological polar surface area (TPSA) is 71.1 Å². The fourth-order valence-corrected chi connectivity index (χ4v) is 6.25. The van der Waals surface area contributed by atoms with E-state index >= 15 is 0 Å². The number of hydrogen-bond acceptors (Lipinski definition) is 5. The molecule has 1 unspecified atom stereocenters. The highest BCUT2D eigenvalue weighted by molar-refractivity contribution is 8.00. The number of carbonyl (C=O) groups excluding carboxylic acids is 2. The van der Waals surface area contributed by atoms with Gasteiger partial charge in [-0.3, -0.25) is 9.59 Å². The zero-order chi connectivity index (χ0) is 28.1. The van der Waals surface area contributed by atoms with Crippen LogP contribution in [0.4, 0.5) is 10.8 Å². The van der Waals surface area contributed by atoms with Gasteiger partial charge in [-0.25, -0.2) is 4.98 Å². The molecule has 0 fully saturated rings. The van der Waals surface area contributed by atoms with Crippen molar-refractivity contribution in [3.05, 3.63) is 129 Å². The van der Waals surface area contributed by atoms with Crippen LogP contribution in [0.15, 0.2) is 107 Å². The Morgan fingerprint density at radius 3 is 2.33 bits per heavy atom. The number of thiazole rings is 1. The Balaban J connectivity index is 1.31. The van der Waals surface area contributed by atoms with Gasteiger partial charge < -0.3 is 10.6 Å². The van der Waals surface area contributed by atoms with Gasteiger partial charge >= 0.3 is 0 Å². The number of rotatable bonds is 8. The van der Waals surface area contributed by atoms with Crippen molar-refractivity contribution >= 4 is 68.9 Å². The van der Waals surface area contributed by atoms with Crippen LogP contribution >= 0.6 is 46.3 Å². The molecular formula is C31H23Cl2N3O2S2. The van der Waals surface area contributed by atoms with Crippen LogP contribution in [-0.4, -0.2) is 16.8 Å². The molecule has 2 N–H and O–H groups in total. The molecule has 2 amide bonds. The maximum absolute atomic E-state index is 13.5. The summed E-state index contributed by atoms with van der Waals surface area (Å²) >= 11 is 15.1. The fraction of sp³-hybridized carbons (Fsp3) is 0.0645. The number of carbonyl (C=O) groups is 2. The van der Waals surface area contributed by atoms with E-state index < -0.39 is 5.25 Å². The highest BCUT2D eigenvalue weighted by Gasteiger charge is 2.23. The minimum Gasteiger partial charge on any atom is -0.322 e. The second-order valence-corrected chi connectivity index (χ2v) is 11.7. The lowest BCUT2D eigenvalue weighted by atomic mass is 10.1. The normalized spacial score (nSPS) is 11.6. The van der Waals surface area contributed by atoms with Crippen LogP contribution in [0.1, 0.15) is 26.7 Å². The number of halogens is 2. The summed E-state index contributed by atoms with van der Waals surface area (Å²) in [5, 5.41) is 8.73. The maximum atomic E-state index is 13.5. The number of benzene rings is 4. The zero-order valence-electron chi connectivity index (χ0n) is 21.2. The minimum absolute atomic E-state index is 0.164. The van der Waals surface area contributed by atoms with Crippen molar-refractivity contribution in [2.24, 2.45) is 0 Å². The summed E-state index contributed by atoms with van der Waals surface area (Å²) in [6.45, 7) is 1.91. The molecule has 0 aliphatic rings. The molecule has 0 saturated carbocycles. The molecule has 1 aromatic heterocycles. The minimum atomic E-state index is -0.528. The SMILES string of the molecule is Cc1ccccc1C(=O)Nc1ccc(SC(C(=O)Nc2nc(-c3ccc(Cl)cc3Cl)cs2)c2ccccc2)cc1. The van der Waals surface area contributed by atoms with E-state index in [0.717, 1.165) is 21.6 Å². The molecule has 0 spiro atoms. The quantitative estimate of drug-likeness (QED) is 0.173. The summed E-state index contributed by atoms with van der Waals surface area (Å²) < 4.78 is 0. The number of hydrogen-bond donors (Lipinski definition) is 2. The average molecular weight is 605 g/mol. The van der Waals surface area contributed by atoms with Gasteiger partial charge in [-0.2, -0.15) is 0 Å². The van der Waals surface area contributed by atoms with E-state index in [1.807, 2.05) is 85.1 Å². The first-order valence-corrected chi connectivity index (χ1v) is 14.8. The van der Waals surface area contributed by atoms with Crippen molar-refractivity contribution in [3.8, 4) is 11.3 Å². The van der Waals surface area contributed by atoms with Crippen LogP contribution in [0.25, 0.3) is 11.3 Å². The molecular weight excluding hydrogens is 581 g/mol. The summed E-state index contributed by atoms with van der Waals surface area (Å²) in [4.78, 5) is 31.6. The van der Waals surface area contributed by atoms with Crippen molar-refractivity contribution < 1.29 is 9.59 Å². The van der Waals surface area contributed by atoms with Crippen LogP contribution in [0.2, 0.25) is 10.0 Å². The van der Waals surface area contributed by atoms with Crippen LogP contribution in [-0.2, 0) is 4.79 Å². The predicted molar refractivity (Wildman–Crippen MR) is 167 cm³/mol. The molecule has 0 aliphatic heterocycles. The number of thioether (sulfide) groups is 1.